The number of fused-ring (bicyclic) bond motifs is 1. The number of hydrogen-bond acceptors (Lipinski definition) is 4. The van der Waals surface area contributed by atoms with E-state index >= 15 is 0 Å². The molecule has 0 N–H and O–H groups in total. The van der Waals surface area contributed by atoms with Crippen molar-refractivity contribution in [2.45, 2.75) is 25.4 Å². The van der Waals surface area contributed by atoms with Gasteiger partial charge in [-0.25, -0.2) is 0 Å². The van der Waals surface area contributed by atoms with Crippen LogP contribution in [-0.4, -0.2) is 12.8 Å². The summed E-state index contributed by atoms with van der Waals surface area (Å²) in [5.74, 6) is 1.18. The van der Waals surface area contributed by atoms with E-state index in [1.54, 1.807) is 6.08 Å². The van der Waals surface area contributed by atoms with Crippen LogP contribution in [0.5, 0.6) is 11.5 Å². The Morgan fingerprint density at radius 3 is 2.75 bits per heavy atom. The van der Waals surface area contributed by atoms with Gasteiger partial charge < -0.3 is 14.2 Å². The van der Waals surface area contributed by atoms with Gasteiger partial charge in [-0.05, 0) is 29.7 Å². The van der Waals surface area contributed by atoms with Gasteiger partial charge in [-0.15, -0.1) is 6.58 Å². The van der Waals surface area contributed by atoms with Crippen molar-refractivity contribution in [2.24, 2.45) is 0 Å². The minimum Gasteiger partial charge on any atom is -0.457 e. The zero-order chi connectivity index (χ0) is 16.8. The maximum atomic E-state index is 12.2. The summed E-state index contributed by atoms with van der Waals surface area (Å²) in [5, 5.41) is 0. The van der Waals surface area contributed by atoms with Gasteiger partial charge in [0, 0.05) is 12.8 Å². The number of aryl methyl sites for hydroxylation is 1. The highest BCUT2D eigenvalue weighted by molar-refractivity contribution is 5.70. The molecule has 1 aliphatic heterocycles. The first-order valence-corrected chi connectivity index (χ1v) is 8.00. The van der Waals surface area contributed by atoms with Crippen LogP contribution in [0.2, 0.25) is 0 Å². The van der Waals surface area contributed by atoms with Crippen LogP contribution in [0, 0.1) is 0 Å². The number of hydrogen-bond donors (Lipinski definition) is 0. The Kier molecular flexibility index (Phi) is 5.16. The first kappa shape index (κ1) is 16.1. The third kappa shape index (κ3) is 3.96. The minimum atomic E-state index is -0.361. The Morgan fingerprint density at radius 2 is 1.96 bits per heavy atom. The number of benzene rings is 2. The molecule has 0 radical (unpaired) electrons. The van der Waals surface area contributed by atoms with E-state index in [2.05, 4.69) is 6.58 Å². The normalized spacial score (nSPS) is 13.3. The predicted molar refractivity (Wildman–Crippen MR) is 91.0 cm³/mol. The van der Waals surface area contributed by atoms with Crippen molar-refractivity contribution in [3.05, 3.63) is 72.3 Å². The lowest BCUT2D eigenvalue weighted by molar-refractivity contribution is -0.149. The standard InChI is InChI=1S/C20H20O4/c1-2-6-17(16-10-11-18-19(13-16)23-14-22-18)24-20(21)12-9-15-7-4-3-5-8-15/h2-5,7-8,10-11,13,17H,1,6,9,12,14H2/t17-/m0/s1. The molecule has 2 aromatic rings. The molecule has 4 heteroatoms. The second-order valence-corrected chi connectivity index (χ2v) is 5.60. The molecule has 0 aromatic heterocycles. The van der Waals surface area contributed by atoms with E-state index in [1.807, 2.05) is 48.5 Å². The van der Waals surface area contributed by atoms with Crippen molar-refractivity contribution < 1.29 is 19.0 Å². The largest absolute Gasteiger partial charge is 0.457 e. The molecule has 4 nitrogen and oxygen atoms in total. The second kappa shape index (κ2) is 7.68. The fourth-order valence-electron chi connectivity index (χ4n) is 2.63. The van der Waals surface area contributed by atoms with Crippen LogP contribution >= 0.6 is 0 Å². The van der Waals surface area contributed by atoms with Crippen LogP contribution in [0.15, 0.2) is 61.2 Å². The molecule has 24 heavy (non-hydrogen) atoms. The van der Waals surface area contributed by atoms with Crippen LogP contribution in [0.3, 0.4) is 0 Å². The first-order valence-electron chi connectivity index (χ1n) is 8.00. The van der Waals surface area contributed by atoms with E-state index in [0.717, 1.165) is 11.1 Å². The molecule has 0 unspecified atom stereocenters. The molecule has 0 saturated carbocycles. The molecule has 3 rings (SSSR count). The molecule has 0 bridgehead atoms. The van der Waals surface area contributed by atoms with E-state index in [-0.39, 0.29) is 18.9 Å². The summed E-state index contributed by atoms with van der Waals surface area (Å²) in [5.41, 5.74) is 2.00. The molecule has 0 fully saturated rings. The molecule has 0 spiro atoms. The lowest BCUT2D eigenvalue weighted by Crippen LogP contribution is -2.12. The summed E-state index contributed by atoms with van der Waals surface area (Å²) in [6, 6.07) is 15.5. The molecule has 124 valence electrons. The number of esters is 1. The van der Waals surface area contributed by atoms with Crippen molar-refractivity contribution in [3.63, 3.8) is 0 Å². The van der Waals surface area contributed by atoms with Crippen molar-refractivity contribution in [1.82, 2.24) is 0 Å². The topological polar surface area (TPSA) is 44.8 Å². The molecule has 1 heterocycles. The average Bonchev–Trinajstić information content (AvgIpc) is 3.08. The number of carbonyl (C=O) groups excluding carboxylic acids is 1. The number of rotatable bonds is 7. The van der Waals surface area contributed by atoms with Crippen LogP contribution in [-0.2, 0) is 16.0 Å². The van der Waals surface area contributed by atoms with Gasteiger partial charge in [-0.2, -0.15) is 0 Å². The summed E-state index contributed by atoms with van der Waals surface area (Å²) in [7, 11) is 0. The molecule has 0 saturated heterocycles. The first-order chi connectivity index (χ1) is 11.8. The summed E-state index contributed by atoms with van der Waals surface area (Å²) in [6.45, 7) is 3.98. The highest BCUT2D eigenvalue weighted by Crippen LogP contribution is 2.35. The maximum Gasteiger partial charge on any atom is 0.306 e. The van der Waals surface area contributed by atoms with Gasteiger partial charge in [-0.1, -0.05) is 42.5 Å². The SMILES string of the molecule is C=CC[C@H](OC(=O)CCc1ccccc1)c1ccc2c(c1)OCO2. The Bertz CT molecular complexity index is 709. The summed E-state index contributed by atoms with van der Waals surface area (Å²) >= 11 is 0. The Labute approximate surface area is 141 Å². The van der Waals surface area contributed by atoms with E-state index < -0.39 is 0 Å². The monoisotopic (exact) mass is 324 g/mol. The number of ether oxygens (including phenoxy) is 3. The fourth-order valence-corrected chi connectivity index (χ4v) is 2.63. The van der Waals surface area contributed by atoms with Gasteiger partial charge in [0.25, 0.3) is 0 Å². The zero-order valence-corrected chi connectivity index (χ0v) is 13.4. The summed E-state index contributed by atoms with van der Waals surface area (Å²) in [6.07, 6.45) is 2.96. The van der Waals surface area contributed by atoms with Crippen LogP contribution in [0.4, 0.5) is 0 Å². The lowest BCUT2D eigenvalue weighted by Gasteiger charge is -2.17. The third-order valence-electron chi connectivity index (χ3n) is 3.88. The van der Waals surface area contributed by atoms with Gasteiger partial charge in [0.05, 0.1) is 0 Å². The minimum absolute atomic E-state index is 0.219. The summed E-state index contributed by atoms with van der Waals surface area (Å²) in [4.78, 5) is 12.2. The lowest BCUT2D eigenvalue weighted by atomic mass is 10.1. The van der Waals surface area contributed by atoms with E-state index in [4.69, 9.17) is 14.2 Å². The Morgan fingerprint density at radius 1 is 1.17 bits per heavy atom. The van der Waals surface area contributed by atoms with Crippen molar-refractivity contribution in [2.75, 3.05) is 6.79 Å². The molecule has 0 aliphatic carbocycles. The number of carbonyl (C=O) groups is 1. The van der Waals surface area contributed by atoms with Crippen LogP contribution in [0.25, 0.3) is 0 Å². The fraction of sp³-hybridized carbons (Fsp3) is 0.250. The van der Waals surface area contributed by atoms with Crippen molar-refractivity contribution >= 4 is 5.97 Å². The van der Waals surface area contributed by atoms with E-state index in [9.17, 15) is 4.79 Å². The zero-order valence-electron chi connectivity index (χ0n) is 13.4. The highest BCUT2D eigenvalue weighted by Gasteiger charge is 2.20. The highest BCUT2D eigenvalue weighted by atomic mass is 16.7. The molecular formula is C20H20O4. The molecule has 2 aromatic carbocycles. The Hall–Kier alpha value is -2.75. The average molecular weight is 324 g/mol. The molecule has 0 amide bonds. The van der Waals surface area contributed by atoms with Gasteiger partial charge >= 0.3 is 5.97 Å². The van der Waals surface area contributed by atoms with Crippen molar-refractivity contribution in [3.8, 4) is 11.5 Å². The van der Waals surface area contributed by atoms with Gasteiger partial charge in [-0.3, -0.25) is 4.79 Å². The predicted octanol–water partition coefficient (Wildman–Crippen LogP) is 4.21. The smallest absolute Gasteiger partial charge is 0.306 e. The van der Waals surface area contributed by atoms with Crippen LogP contribution < -0.4 is 9.47 Å². The van der Waals surface area contributed by atoms with Gasteiger partial charge in [0.15, 0.2) is 11.5 Å². The quantitative estimate of drug-likeness (QED) is 0.565. The van der Waals surface area contributed by atoms with E-state index in [1.165, 1.54) is 0 Å². The van der Waals surface area contributed by atoms with Crippen molar-refractivity contribution in [1.29, 1.82) is 0 Å². The second-order valence-electron chi connectivity index (χ2n) is 5.60. The van der Waals surface area contributed by atoms with Gasteiger partial charge in [0.1, 0.15) is 6.10 Å². The van der Waals surface area contributed by atoms with Gasteiger partial charge in [0.2, 0.25) is 6.79 Å². The summed E-state index contributed by atoms with van der Waals surface area (Å²) < 4.78 is 16.4. The molecule has 1 aliphatic rings. The molecule has 1 atom stereocenters. The van der Waals surface area contributed by atoms with Crippen LogP contribution in [0.1, 0.15) is 30.1 Å². The third-order valence-corrected chi connectivity index (χ3v) is 3.88. The molecular weight excluding hydrogens is 304 g/mol. The van der Waals surface area contributed by atoms with E-state index in [0.29, 0.717) is 30.8 Å². The maximum absolute atomic E-state index is 12.2. The Balaban J connectivity index is 1.63.